The second-order valence-corrected chi connectivity index (χ2v) is 6.50. The number of nitrogens with two attached hydrogens (primary N) is 2. The van der Waals surface area contributed by atoms with Gasteiger partial charge in [0.05, 0.1) is 16.9 Å². The molecule has 0 aliphatic heterocycles. The number of hydrogen-bond donors (Lipinski definition) is 4. The summed E-state index contributed by atoms with van der Waals surface area (Å²) in [4.78, 5) is 12.1. The maximum Gasteiger partial charge on any atom is 0.418 e. The van der Waals surface area contributed by atoms with Gasteiger partial charge >= 0.3 is 12.2 Å². The number of urea groups is 1. The quantitative estimate of drug-likeness (QED) is 0.280. The Hall–Kier alpha value is -3.27. The molecule has 2 aromatic rings. The van der Waals surface area contributed by atoms with E-state index in [1.165, 1.54) is 30.5 Å². The zero-order chi connectivity index (χ0) is 22.3. The van der Waals surface area contributed by atoms with Crippen LogP contribution in [0, 0.1) is 5.82 Å². The van der Waals surface area contributed by atoms with Gasteiger partial charge in [0, 0.05) is 17.6 Å². The van der Waals surface area contributed by atoms with Crippen molar-refractivity contribution in [1.29, 1.82) is 0 Å². The van der Waals surface area contributed by atoms with Gasteiger partial charge in [-0.1, -0.05) is 25.5 Å². The Morgan fingerprint density at radius 3 is 2.50 bits per heavy atom. The maximum absolute atomic E-state index is 14.4. The lowest BCUT2D eigenvalue weighted by Gasteiger charge is -2.17. The van der Waals surface area contributed by atoms with Gasteiger partial charge in [0.15, 0.2) is 0 Å². The minimum Gasteiger partial charge on any atom is -0.401 e. The van der Waals surface area contributed by atoms with Crippen LogP contribution in [0.1, 0.15) is 31.7 Å². The second-order valence-electron chi connectivity index (χ2n) is 6.50. The number of hydrazine groups is 1. The summed E-state index contributed by atoms with van der Waals surface area (Å²) in [6, 6.07) is 7.26. The van der Waals surface area contributed by atoms with Gasteiger partial charge in [-0.3, -0.25) is 5.01 Å². The van der Waals surface area contributed by atoms with Crippen LogP contribution in [0.25, 0.3) is 0 Å². The van der Waals surface area contributed by atoms with E-state index in [0.717, 1.165) is 36.0 Å². The van der Waals surface area contributed by atoms with Crippen molar-refractivity contribution in [3.8, 4) is 0 Å². The topological polar surface area (TPSA) is 96.4 Å². The van der Waals surface area contributed by atoms with Crippen LogP contribution in [0.5, 0.6) is 0 Å². The monoisotopic (exact) mass is 425 g/mol. The smallest absolute Gasteiger partial charge is 0.401 e. The number of benzene rings is 2. The van der Waals surface area contributed by atoms with Gasteiger partial charge in [-0.15, -0.1) is 0 Å². The summed E-state index contributed by atoms with van der Waals surface area (Å²) in [5.74, 6) is 5.07. The highest BCUT2D eigenvalue weighted by molar-refractivity contribution is 6.00. The molecule has 6 N–H and O–H groups in total. The molecule has 0 heterocycles. The minimum atomic E-state index is -4.63. The summed E-state index contributed by atoms with van der Waals surface area (Å²) in [5.41, 5.74) is 4.97. The first kappa shape index (κ1) is 23.0. The zero-order valence-corrected chi connectivity index (χ0v) is 16.3. The van der Waals surface area contributed by atoms with E-state index in [9.17, 15) is 22.4 Å². The molecular weight excluding hydrogens is 402 g/mol. The van der Waals surface area contributed by atoms with Crippen molar-refractivity contribution in [2.24, 2.45) is 11.6 Å². The molecule has 0 bridgehead atoms. The lowest BCUT2D eigenvalue weighted by molar-refractivity contribution is -0.136. The number of allylic oxidation sites excluding steroid dienone is 1. The third kappa shape index (κ3) is 6.38. The van der Waals surface area contributed by atoms with E-state index >= 15 is 0 Å². The molecule has 0 saturated carbocycles. The van der Waals surface area contributed by atoms with Crippen LogP contribution in [-0.2, 0) is 6.18 Å². The SMILES string of the molecule is CCCC/C(N)=C/N(N)c1ccc(NC(=O)Nc2ccccc2C(F)(F)F)cc1F. The van der Waals surface area contributed by atoms with Gasteiger partial charge in [0.2, 0.25) is 0 Å². The molecule has 10 heteroatoms. The predicted octanol–water partition coefficient (Wildman–Crippen LogP) is 5.16. The third-order valence-corrected chi connectivity index (χ3v) is 4.09. The molecule has 0 radical (unpaired) electrons. The number of rotatable bonds is 7. The van der Waals surface area contributed by atoms with E-state index in [4.69, 9.17) is 11.6 Å². The molecular formula is C20H23F4N5O. The Morgan fingerprint density at radius 2 is 1.87 bits per heavy atom. The molecule has 0 fully saturated rings. The normalized spacial score (nSPS) is 11.9. The van der Waals surface area contributed by atoms with Crippen LogP contribution in [0.4, 0.5) is 39.4 Å². The molecule has 2 rings (SSSR count). The lowest BCUT2D eigenvalue weighted by atomic mass is 10.1. The van der Waals surface area contributed by atoms with Crippen LogP contribution in [0.3, 0.4) is 0 Å². The average Bonchev–Trinajstić information content (AvgIpc) is 2.65. The van der Waals surface area contributed by atoms with Crippen molar-refractivity contribution in [1.82, 2.24) is 0 Å². The van der Waals surface area contributed by atoms with Gasteiger partial charge in [-0.25, -0.2) is 15.0 Å². The molecule has 0 aliphatic carbocycles. The van der Waals surface area contributed by atoms with Crippen LogP contribution < -0.4 is 27.2 Å². The van der Waals surface area contributed by atoms with Crippen molar-refractivity contribution < 1.29 is 22.4 Å². The summed E-state index contributed by atoms with van der Waals surface area (Å²) >= 11 is 0. The van der Waals surface area contributed by atoms with E-state index in [1.807, 2.05) is 6.92 Å². The number of anilines is 3. The number of carbonyl (C=O) groups is 1. The highest BCUT2D eigenvalue weighted by Crippen LogP contribution is 2.34. The lowest BCUT2D eigenvalue weighted by Crippen LogP contribution is -2.27. The van der Waals surface area contributed by atoms with Crippen LogP contribution in [0.2, 0.25) is 0 Å². The largest absolute Gasteiger partial charge is 0.418 e. The predicted molar refractivity (Wildman–Crippen MR) is 109 cm³/mol. The van der Waals surface area contributed by atoms with E-state index in [-0.39, 0.29) is 11.4 Å². The number of hydrogen-bond acceptors (Lipinski definition) is 4. The number of amides is 2. The highest BCUT2D eigenvalue weighted by atomic mass is 19.4. The third-order valence-electron chi connectivity index (χ3n) is 4.09. The van der Waals surface area contributed by atoms with Crippen molar-refractivity contribution in [3.05, 3.63) is 65.7 Å². The molecule has 2 aromatic carbocycles. The van der Waals surface area contributed by atoms with Crippen LogP contribution in [-0.4, -0.2) is 6.03 Å². The minimum absolute atomic E-state index is 0.0165. The van der Waals surface area contributed by atoms with Gasteiger partial charge < -0.3 is 16.4 Å². The molecule has 2 amide bonds. The first-order chi connectivity index (χ1) is 14.1. The van der Waals surface area contributed by atoms with Gasteiger partial charge in [0.25, 0.3) is 0 Å². The Bertz CT molecular complexity index is 914. The summed E-state index contributed by atoms with van der Waals surface area (Å²) in [7, 11) is 0. The first-order valence-corrected chi connectivity index (χ1v) is 9.15. The van der Waals surface area contributed by atoms with E-state index in [1.54, 1.807) is 0 Å². The summed E-state index contributed by atoms with van der Waals surface area (Å²) in [5, 5.41) is 5.43. The number of nitrogens with zero attached hydrogens (tertiary/aromatic N) is 1. The van der Waals surface area contributed by atoms with Crippen molar-refractivity contribution >= 4 is 23.1 Å². The number of halogens is 4. The Labute approximate surface area is 171 Å². The van der Waals surface area contributed by atoms with Gasteiger partial charge in [0.1, 0.15) is 5.82 Å². The molecule has 0 atom stereocenters. The molecule has 0 saturated heterocycles. The molecule has 162 valence electrons. The van der Waals surface area contributed by atoms with Gasteiger partial charge in [-0.05, 0) is 43.2 Å². The molecule has 0 aromatic heterocycles. The molecule has 0 aliphatic rings. The maximum atomic E-state index is 14.4. The van der Waals surface area contributed by atoms with E-state index in [0.29, 0.717) is 12.1 Å². The van der Waals surface area contributed by atoms with Crippen molar-refractivity contribution in [2.45, 2.75) is 32.4 Å². The fraction of sp³-hybridized carbons (Fsp3) is 0.250. The molecule has 0 spiro atoms. The summed E-state index contributed by atoms with van der Waals surface area (Å²) in [6.07, 6.45) is -0.793. The fourth-order valence-corrected chi connectivity index (χ4v) is 2.61. The van der Waals surface area contributed by atoms with E-state index in [2.05, 4.69) is 10.6 Å². The number of para-hydroxylation sites is 1. The van der Waals surface area contributed by atoms with Crippen LogP contribution >= 0.6 is 0 Å². The molecule has 6 nitrogen and oxygen atoms in total. The van der Waals surface area contributed by atoms with Crippen molar-refractivity contribution in [3.63, 3.8) is 0 Å². The second kappa shape index (κ2) is 9.97. The Balaban J connectivity index is 2.09. The number of nitrogens with one attached hydrogen (secondary N) is 2. The summed E-state index contributed by atoms with van der Waals surface area (Å²) in [6.45, 7) is 2.01. The van der Waals surface area contributed by atoms with Gasteiger partial charge in [-0.2, -0.15) is 13.2 Å². The van der Waals surface area contributed by atoms with Crippen LogP contribution in [0.15, 0.2) is 54.4 Å². The zero-order valence-electron chi connectivity index (χ0n) is 16.3. The number of carbonyl (C=O) groups excluding carboxylic acids is 1. The molecule has 30 heavy (non-hydrogen) atoms. The Morgan fingerprint density at radius 1 is 1.17 bits per heavy atom. The molecule has 0 unspecified atom stereocenters. The average molecular weight is 425 g/mol. The number of alkyl halides is 3. The number of unbranched alkanes of at least 4 members (excludes halogenated alkanes) is 1. The van der Waals surface area contributed by atoms with E-state index < -0.39 is 29.3 Å². The fourth-order valence-electron chi connectivity index (χ4n) is 2.61. The van der Waals surface area contributed by atoms with Crippen molar-refractivity contribution in [2.75, 3.05) is 15.6 Å². The Kier molecular flexibility index (Phi) is 7.65. The first-order valence-electron chi connectivity index (χ1n) is 9.15. The summed E-state index contributed by atoms with van der Waals surface area (Å²) < 4.78 is 53.4. The highest BCUT2D eigenvalue weighted by Gasteiger charge is 2.33. The standard InChI is InChI=1S/C20H23F4N5O/c1-2-3-6-13(25)12-29(26)18-10-9-14(11-16(18)21)27-19(30)28-17-8-5-4-7-15(17)20(22,23)24/h4-5,7-12H,2-3,6,25-26H2,1H3,(H2,27,28,30)/b13-12-.